The molecule has 0 amide bonds. The second-order valence-electron chi connectivity index (χ2n) is 4.64. The number of unbranched alkanes of at least 4 members (excludes halogenated alkanes) is 1. The van der Waals surface area contributed by atoms with Gasteiger partial charge in [-0.2, -0.15) is 0 Å². The van der Waals surface area contributed by atoms with E-state index in [1.54, 1.807) is 6.07 Å². The average molecular weight is 315 g/mol. The van der Waals surface area contributed by atoms with Crippen LogP contribution in [-0.4, -0.2) is 20.6 Å². The fraction of sp³-hybridized carbons (Fsp3) is 0.429. The molecule has 20 heavy (non-hydrogen) atoms. The number of rotatable bonds is 6. The number of halogens is 2. The highest BCUT2D eigenvalue weighted by atomic mass is 35.5. The van der Waals surface area contributed by atoms with Gasteiger partial charge in [0.05, 0.1) is 21.1 Å². The average Bonchev–Trinajstić information content (AvgIpc) is 2.72. The van der Waals surface area contributed by atoms with Gasteiger partial charge in [-0.25, -0.2) is 4.98 Å². The highest BCUT2D eigenvalue weighted by Crippen LogP contribution is 2.28. The van der Waals surface area contributed by atoms with E-state index >= 15 is 0 Å². The van der Waals surface area contributed by atoms with Crippen LogP contribution < -0.4 is 0 Å². The van der Waals surface area contributed by atoms with Gasteiger partial charge in [0.25, 0.3) is 0 Å². The van der Waals surface area contributed by atoms with Crippen LogP contribution in [0.2, 0.25) is 10.0 Å². The van der Waals surface area contributed by atoms with Gasteiger partial charge in [0, 0.05) is 19.4 Å². The van der Waals surface area contributed by atoms with Gasteiger partial charge in [-0.3, -0.25) is 4.79 Å². The SMILES string of the molecule is CCc1nc2cc(Cl)c(Cl)cc2n1CCCCC(=O)O. The monoisotopic (exact) mass is 314 g/mol. The molecule has 0 fully saturated rings. The summed E-state index contributed by atoms with van der Waals surface area (Å²) in [6.07, 6.45) is 2.45. The molecule has 4 nitrogen and oxygen atoms in total. The van der Waals surface area contributed by atoms with Crippen LogP contribution in [0.4, 0.5) is 0 Å². The minimum Gasteiger partial charge on any atom is -0.481 e. The summed E-state index contributed by atoms with van der Waals surface area (Å²) in [5.74, 6) is 0.208. The molecule has 0 bridgehead atoms. The first-order valence-electron chi connectivity index (χ1n) is 6.59. The number of nitrogens with zero attached hydrogens (tertiary/aromatic N) is 2. The molecule has 0 aliphatic heterocycles. The van der Waals surface area contributed by atoms with E-state index in [-0.39, 0.29) is 6.42 Å². The second-order valence-corrected chi connectivity index (χ2v) is 5.45. The Kier molecular flexibility index (Phi) is 4.89. The fourth-order valence-corrected chi connectivity index (χ4v) is 2.55. The number of benzene rings is 1. The number of carbonyl (C=O) groups is 1. The molecule has 0 aliphatic carbocycles. The molecule has 1 heterocycles. The molecular formula is C14H16Cl2N2O2. The van der Waals surface area contributed by atoms with Crippen LogP contribution in [0.3, 0.4) is 0 Å². The van der Waals surface area contributed by atoms with Crippen molar-refractivity contribution in [3.63, 3.8) is 0 Å². The van der Waals surface area contributed by atoms with Gasteiger partial charge in [-0.1, -0.05) is 30.1 Å². The summed E-state index contributed by atoms with van der Waals surface area (Å²) in [7, 11) is 0. The van der Waals surface area contributed by atoms with Crippen molar-refractivity contribution in [1.29, 1.82) is 0 Å². The number of hydrogen-bond acceptors (Lipinski definition) is 2. The molecule has 2 rings (SSSR count). The van der Waals surface area contributed by atoms with Gasteiger partial charge < -0.3 is 9.67 Å². The number of hydrogen-bond donors (Lipinski definition) is 1. The van der Waals surface area contributed by atoms with Crippen molar-refractivity contribution < 1.29 is 9.90 Å². The molecule has 6 heteroatoms. The normalized spacial score (nSPS) is 11.2. The van der Waals surface area contributed by atoms with Crippen molar-refractivity contribution in [2.45, 2.75) is 39.2 Å². The molecule has 0 aliphatic rings. The van der Waals surface area contributed by atoms with Crippen molar-refractivity contribution in [1.82, 2.24) is 9.55 Å². The van der Waals surface area contributed by atoms with Gasteiger partial charge in [-0.05, 0) is 25.0 Å². The van der Waals surface area contributed by atoms with Crippen LogP contribution in [0.25, 0.3) is 11.0 Å². The third-order valence-electron chi connectivity index (χ3n) is 3.21. The lowest BCUT2D eigenvalue weighted by Crippen LogP contribution is -2.04. The van der Waals surface area contributed by atoms with E-state index in [0.29, 0.717) is 16.5 Å². The lowest BCUT2D eigenvalue weighted by atomic mass is 10.2. The molecule has 0 unspecified atom stereocenters. The third kappa shape index (κ3) is 3.25. The molecule has 2 aromatic rings. The summed E-state index contributed by atoms with van der Waals surface area (Å²) in [6.45, 7) is 2.78. The second kappa shape index (κ2) is 6.46. The van der Waals surface area contributed by atoms with Gasteiger partial charge >= 0.3 is 5.97 Å². The summed E-state index contributed by atoms with van der Waals surface area (Å²) in [4.78, 5) is 15.1. The van der Waals surface area contributed by atoms with Crippen LogP contribution in [0.1, 0.15) is 32.0 Å². The third-order valence-corrected chi connectivity index (χ3v) is 3.93. The van der Waals surface area contributed by atoms with E-state index in [1.807, 2.05) is 13.0 Å². The summed E-state index contributed by atoms with van der Waals surface area (Å²) in [5, 5.41) is 9.66. The van der Waals surface area contributed by atoms with E-state index in [0.717, 1.165) is 36.2 Å². The van der Waals surface area contributed by atoms with Crippen LogP contribution in [0, 0.1) is 0 Å². The van der Waals surface area contributed by atoms with E-state index < -0.39 is 5.97 Å². The number of aliphatic carboxylic acids is 1. The standard InChI is InChI=1S/C14H16Cl2N2O2/c1-2-13-17-11-7-9(15)10(16)8-12(11)18(13)6-4-3-5-14(19)20/h7-8H,2-6H2,1H3,(H,19,20). The zero-order chi connectivity index (χ0) is 14.7. The maximum absolute atomic E-state index is 10.5. The van der Waals surface area contributed by atoms with E-state index in [1.165, 1.54) is 0 Å². The molecule has 0 spiro atoms. The predicted octanol–water partition coefficient (Wildman–Crippen LogP) is 4.16. The largest absolute Gasteiger partial charge is 0.481 e. The van der Waals surface area contributed by atoms with Gasteiger partial charge in [0.15, 0.2) is 0 Å². The van der Waals surface area contributed by atoms with Gasteiger partial charge in [0.1, 0.15) is 5.82 Å². The first-order valence-corrected chi connectivity index (χ1v) is 7.34. The highest BCUT2D eigenvalue weighted by molar-refractivity contribution is 6.42. The van der Waals surface area contributed by atoms with Gasteiger partial charge in [0.2, 0.25) is 0 Å². The van der Waals surface area contributed by atoms with Crippen molar-refractivity contribution in [3.8, 4) is 0 Å². The summed E-state index contributed by atoms with van der Waals surface area (Å²) in [6, 6.07) is 3.59. The summed E-state index contributed by atoms with van der Waals surface area (Å²) >= 11 is 12.1. The molecule has 0 radical (unpaired) electrons. The van der Waals surface area contributed by atoms with Crippen molar-refractivity contribution in [2.24, 2.45) is 0 Å². The van der Waals surface area contributed by atoms with Crippen molar-refractivity contribution in [3.05, 3.63) is 28.0 Å². The first-order chi connectivity index (χ1) is 9.52. The zero-order valence-electron chi connectivity index (χ0n) is 11.2. The Morgan fingerprint density at radius 2 is 2.00 bits per heavy atom. The smallest absolute Gasteiger partial charge is 0.303 e. The number of imidazole rings is 1. The molecule has 0 saturated carbocycles. The number of aromatic nitrogens is 2. The van der Waals surface area contributed by atoms with Crippen LogP contribution in [0.15, 0.2) is 12.1 Å². The molecule has 1 aromatic heterocycles. The van der Waals surface area contributed by atoms with E-state index in [4.69, 9.17) is 28.3 Å². The number of carboxylic acids is 1. The minimum atomic E-state index is -0.758. The Balaban J connectivity index is 2.25. The lowest BCUT2D eigenvalue weighted by Gasteiger charge is -2.08. The topological polar surface area (TPSA) is 55.1 Å². The summed E-state index contributed by atoms with van der Waals surface area (Å²) < 4.78 is 2.10. The van der Waals surface area contributed by atoms with E-state index in [2.05, 4.69) is 9.55 Å². The lowest BCUT2D eigenvalue weighted by molar-refractivity contribution is -0.137. The van der Waals surface area contributed by atoms with Crippen LogP contribution in [-0.2, 0) is 17.8 Å². The highest BCUT2D eigenvalue weighted by Gasteiger charge is 2.12. The fourth-order valence-electron chi connectivity index (χ4n) is 2.24. The van der Waals surface area contributed by atoms with Gasteiger partial charge in [-0.15, -0.1) is 0 Å². The quantitative estimate of drug-likeness (QED) is 0.814. The number of aryl methyl sites for hydroxylation is 2. The van der Waals surface area contributed by atoms with E-state index in [9.17, 15) is 4.79 Å². The summed E-state index contributed by atoms with van der Waals surface area (Å²) in [5.41, 5.74) is 1.78. The van der Waals surface area contributed by atoms with Crippen LogP contribution >= 0.6 is 23.2 Å². The first kappa shape index (κ1) is 15.1. The Morgan fingerprint density at radius 3 is 2.65 bits per heavy atom. The number of carboxylic acid groups (broad SMARTS) is 1. The Bertz CT molecular complexity index is 638. The Labute approximate surface area is 127 Å². The molecule has 0 saturated heterocycles. The van der Waals surface area contributed by atoms with Crippen molar-refractivity contribution >= 4 is 40.2 Å². The molecule has 1 aromatic carbocycles. The van der Waals surface area contributed by atoms with Crippen molar-refractivity contribution in [2.75, 3.05) is 0 Å². The zero-order valence-corrected chi connectivity index (χ0v) is 12.7. The maximum Gasteiger partial charge on any atom is 0.303 e. The molecule has 108 valence electrons. The maximum atomic E-state index is 10.5. The molecular weight excluding hydrogens is 299 g/mol. The minimum absolute atomic E-state index is 0.195. The Hall–Kier alpha value is -1.26. The predicted molar refractivity (Wildman–Crippen MR) is 80.6 cm³/mol. The van der Waals surface area contributed by atoms with Crippen LogP contribution in [0.5, 0.6) is 0 Å². The molecule has 0 atom stereocenters. The number of fused-ring (bicyclic) bond motifs is 1. The molecule has 1 N–H and O–H groups in total. The Morgan fingerprint density at radius 1 is 1.30 bits per heavy atom.